The topological polar surface area (TPSA) is 30.5 Å². The number of halogens is 1. The number of likely N-dealkylation sites (N-methyl/N-ethyl adjacent to an activating group) is 1. The molecule has 20 heavy (non-hydrogen) atoms. The third-order valence-corrected chi connectivity index (χ3v) is 3.27. The highest BCUT2D eigenvalue weighted by Crippen LogP contribution is 2.21. The summed E-state index contributed by atoms with van der Waals surface area (Å²) in [5.41, 5.74) is 0.701. The van der Waals surface area contributed by atoms with Crippen molar-refractivity contribution in [3.8, 4) is 5.75 Å². The summed E-state index contributed by atoms with van der Waals surface area (Å²) in [6.45, 7) is 6.45. The minimum Gasteiger partial charge on any atom is -0.494 e. The summed E-state index contributed by atoms with van der Waals surface area (Å²) in [5.74, 6) is 0.0646. The van der Waals surface area contributed by atoms with Gasteiger partial charge < -0.3 is 14.8 Å². The largest absolute Gasteiger partial charge is 0.494 e. The Bertz CT molecular complexity index is 385. The first-order valence-electron chi connectivity index (χ1n) is 7.35. The number of hydrogen-bond donors (Lipinski definition) is 1. The van der Waals surface area contributed by atoms with E-state index < -0.39 is 0 Å². The van der Waals surface area contributed by atoms with Crippen molar-refractivity contribution in [3.05, 3.63) is 29.6 Å². The van der Waals surface area contributed by atoms with E-state index in [0.29, 0.717) is 17.7 Å². The van der Waals surface area contributed by atoms with Gasteiger partial charge >= 0.3 is 0 Å². The lowest BCUT2D eigenvalue weighted by Crippen LogP contribution is -2.31. The fraction of sp³-hybridized carbons (Fsp3) is 0.625. The third kappa shape index (κ3) is 5.47. The molecule has 3 nitrogen and oxygen atoms in total. The monoisotopic (exact) mass is 283 g/mol. The summed E-state index contributed by atoms with van der Waals surface area (Å²) in [6.07, 6.45) is 2.63. The minimum atomic E-state index is -0.247. The summed E-state index contributed by atoms with van der Waals surface area (Å²) < 4.78 is 24.5. The van der Waals surface area contributed by atoms with Crippen LogP contribution in [0.4, 0.5) is 4.39 Å². The van der Waals surface area contributed by atoms with Gasteiger partial charge in [0.05, 0.1) is 7.11 Å². The van der Waals surface area contributed by atoms with Crippen molar-refractivity contribution in [3.63, 3.8) is 0 Å². The first kappa shape index (κ1) is 16.9. The van der Waals surface area contributed by atoms with E-state index >= 15 is 0 Å². The van der Waals surface area contributed by atoms with Crippen LogP contribution in [0.1, 0.15) is 32.3 Å². The lowest BCUT2D eigenvalue weighted by Gasteiger charge is -2.18. The van der Waals surface area contributed by atoms with Crippen molar-refractivity contribution in [1.29, 1.82) is 0 Å². The molecule has 0 aromatic heterocycles. The van der Waals surface area contributed by atoms with Crippen LogP contribution in [0.2, 0.25) is 0 Å². The Morgan fingerprint density at radius 1 is 1.30 bits per heavy atom. The fourth-order valence-electron chi connectivity index (χ4n) is 2.28. The first-order chi connectivity index (χ1) is 9.72. The molecule has 1 aromatic rings. The van der Waals surface area contributed by atoms with Crippen molar-refractivity contribution >= 4 is 0 Å². The standard InChI is InChI=1S/C16H26FNO2/c1-4-18-14(9-7-11-20-5-2)12-13-8-6-10-15(19-3)16(13)17/h6,8,10,14,18H,4-5,7,9,11-12H2,1-3H3. The zero-order chi connectivity index (χ0) is 14.8. The Kier molecular flexibility index (Phi) is 8.23. The van der Waals surface area contributed by atoms with Crippen LogP contribution in [0.25, 0.3) is 0 Å². The second-order valence-corrected chi connectivity index (χ2v) is 4.73. The molecular weight excluding hydrogens is 257 g/mol. The highest BCUT2D eigenvalue weighted by Gasteiger charge is 2.14. The lowest BCUT2D eigenvalue weighted by molar-refractivity contribution is 0.140. The van der Waals surface area contributed by atoms with Crippen LogP contribution in [0.15, 0.2) is 18.2 Å². The molecule has 0 bridgehead atoms. The molecule has 1 aromatic carbocycles. The van der Waals surface area contributed by atoms with Gasteiger partial charge in [-0.1, -0.05) is 19.1 Å². The predicted octanol–water partition coefficient (Wildman–Crippen LogP) is 3.17. The molecule has 1 N–H and O–H groups in total. The highest BCUT2D eigenvalue weighted by molar-refractivity contribution is 5.31. The number of hydrogen-bond acceptors (Lipinski definition) is 3. The molecule has 1 unspecified atom stereocenters. The third-order valence-electron chi connectivity index (χ3n) is 3.27. The second-order valence-electron chi connectivity index (χ2n) is 4.73. The van der Waals surface area contributed by atoms with Crippen molar-refractivity contribution < 1.29 is 13.9 Å². The van der Waals surface area contributed by atoms with Crippen LogP contribution >= 0.6 is 0 Å². The molecule has 4 heteroatoms. The highest BCUT2D eigenvalue weighted by atomic mass is 19.1. The molecule has 0 aliphatic heterocycles. The normalized spacial score (nSPS) is 12.4. The van der Waals surface area contributed by atoms with Gasteiger partial charge in [-0.25, -0.2) is 4.39 Å². The summed E-state index contributed by atoms with van der Waals surface area (Å²) >= 11 is 0. The summed E-state index contributed by atoms with van der Waals surface area (Å²) in [6, 6.07) is 5.57. The minimum absolute atomic E-state index is 0.247. The Morgan fingerprint density at radius 2 is 2.10 bits per heavy atom. The number of methoxy groups -OCH3 is 1. The lowest BCUT2D eigenvalue weighted by atomic mass is 10.0. The van der Waals surface area contributed by atoms with Gasteiger partial charge in [0.2, 0.25) is 0 Å². The van der Waals surface area contributed by atoms with Crippen molar-refractivity contribution in [2.45, 2.75) is 39.2 Å². The van der Waals surface area contributed by atoms with Gasteiger partial charge in [-0.3, -0.25) is 0 Å². The van der Waals surface area contributed by atoms with Crippen molar-refractivity contribution in [2.24, 2.45) is 0 Å². The van der Waals surface area contributed by atoms with Crippen LogP contribution in [0.3, 0.4) is 0 Å². The number of ether oxygens (including phenoxy) is 2. The fourth-order valence-corrected chi connectivity index (χ4v) is 2.28. The van der Waals surface area contributed by atoms with Crippen LogP contribution in [0.5, 0.6) is 5.75 Å². The molecule has 1 atom stereocenters. The predicted molar refractivity (Wildman–Crippen MR) is 79.8 cm³/mol. The van der Waals surface area contributed by atoms with E-state index in [-0.39, 0.29) is 11.9 Å². The molecule has 0 amide bonds. The Morgan fingerprint density at radius 3 is 2.75 bits per heavy atom. The zero-order valence-electron chi connectivity index (χ0n) is 12.7. The smallest absolute Gasteiger partial charge is 0.168 e. The molecular formula is C16H26FNO2. The van der Waals surface area contributed by atoms with E-state index in [1.807, 2.05) is 19.1 Å². The molecule has 114 valence electrons. The van der Waals surface area contributed by atoms with E-state index in [2.05, 4.69) is 12.2 Å². The Labute approximate surface area is 121 Å². The van der Waals surface area contributed by atoms with Crippen molar-refractivity contribution in [1.82, 2.24) is 5.32 Å². The molecule has 0 aliphatic rings. The Hall–Kier alpha value is -1.13. The SMILES string of the molecule is CCNC(CCCOCC)Cc1cccc(OC)c1F. The maximum atomic E-state index is 14.1. The van der Waals surface area contributed by atoms with Gasteiger partial charge in [-0.2, -0.15) is 0 Å². The molecule has 0 heterocycles. The number of nitrogens with one attached hydrogen (secondary N) is 1. The van der Waals surface area contributed by atoms with Gasteiger partial charge in [-0.15, -0.1) is 0 Å². The van der Waals surface area contributed by atoms with E-state index in [0.717, 1.165) is 32.6 Å². The van der Waals surface area contributed by atoms with Gasteiger partial charge in [0.1, 0.15) is 0 Å². The van der Waals surface area contributed by atoms with E-state index in [1.165, 1.54) is 7.11 Å². The molecule has 0 saturated carbocycles. The average Bonchev–Trinajstić information content (AvgIpc) is 2.46. The molecule has 0 saturated heterocycles. The van der Waals surface area contributed by atoms with Crippen LogP contribution in [-0.2, 0) is 11.2 Å². The van der Waals surface area contributed by atoms with E-state index in [4.69, 9.17) is 9.47 Å². The van der Waals surface area contributed by atoms with Crippen LogP contribution < -0.4 is 10.1 Å². The molecule has 0 fully saturated rings. The van der Waals surface area contributed by atoms with Gasteiger partial charge in [0.15, 0.2) is 11.6 Å². The number of benzene rings is 1. The zero-order valence-corrected chi connectivity index (χ0v) is 12.7. The maximum Gasteiger partial charge on any atom is 0.168 e. The molecule has 1 rings (SSSR count). The maximum absolute atomic E-state index is 14.1. The van der Waals surface area contributed by atoms with Crippen molar-refractivity contribution in [2.75, 3.05) is 26.9 Å². The molecule has 0 radical (unpaired) electrons. The van der Waals surface area contributed by atoms with Gasteiger partial charge in [0.25, 0.3) is 0 Å². The average molecular weight is 283 g/mol. The summed E-state index contributed by atoms with van der Waals surface area (Å²) in [4.78, 5) is 0. The summed E-state index contributed by atoms with van der Waals surface area (Å²) in [5, 5.41) is 3.41. The van der Waals surface area contributed by atoms with E-state index in [1.54, 1.807) is 6.07 Å². The van der Waals surface area contributed by atoms with Crippen LogP contribution in [-0.4, -0.2) is 32.9 Å². The second kappa shape index (κ2) is 9.72. The number of rotatable bonds is 10. The Balaban J connectivity index is 2.60. The van der Waals surface area contributed by atoms with E-state index in [9.17, 15) is 4.39 Å². The molecule has 0 aliphatic carbocycles. The van der Waals surface area contributed by atoms with Crippen LogP contribution in [0, 0.1) is 5.82 Å². The quantitative estimate of drug-likeness (QED) is 0.669. The summed E-state index contributed by atoms with van der Waals surface area (Å²) in [7, 11) is 1.49. The first-order valence-corrected chi connectivity index (χ1v) is 7.35. The molecule has 0 spiro atoms. The van der Waals surface area contributed by atoms with Gasteiger partial charge in [-0.05, 0) is 44.4 Å². The van der Waals surface area contributed by atoms with Gasteiger partial charge in [0, 0.05) is 19.3 Å².